The number of nitrogens with one attached hydrogen (secondary N) is 1. The molecule has 0 aromatic heterocycles. The molecule has 1 heteroatoms. The molecule has 0 bridgehead atoms. The Morgan fingerprint density at radius 2 is 1.53 bits per heavy atom. The maximum Gasteiger partial charge on any atom is 0.00928 e. The average molecular weight is 265 g/mol. The van der Waals surface area contributed by atoms with E-state index < -0.39 is 0 Å². The number of rotatable bonds is 3. The second-order valence-electron chi connectivity index (χ2n) is 8.36. The fourth-order valence-electron chi connectivity index (χ4n) is 4.17. The summed E-state index contributed by atoms with van der Waals surface area (Å²) in [6.07, 6.45) is 11.6. The molecule has 0 saturated heterocycles. The van der Waals surface area contributed by atoms with E-state index in [4.69, 9.17) is 0 Å². The molecule has 1 N–H and O–H groups in total. The molecule has 0 radical (unpaired) electrons. The Hall–Kier alpha value is -0.0400. The Morgan fingerprint density at radius 1 is 0.895 bits per heavy atom. The van der Waals surface area contributed by atoms with E-state index in [1.165, 1.54) is 57.9 Å². The largest absolute Gasteiger partial charge is 0.313 e. The van der Waals surface area contributed by atoms with E-state index in [-0.39, 0.29) is 0 Å². The first-order valence-electron chi connectivity index (χ1n) is 8.70. The van der Waals surface area contributed by atoms with Crippen LogP contribution in [0.3, 0.4) is 0 Å². The molecule has 0 heterocycles. The molecule has 2 fully saturated rings. The van der Waals surface area contributed by atoms with Crippen molar-refractivity contribution in [2.75, 3.05) is 6.54 Å². The van der Waals surface area contributed by atoms with Gasteiger partial charge in [-0.25, -0.2) is 0 Å². The van der Waals surface area contributed by atoms with Crippen molar-refractivity contribution in [1.29, 1.82) is 0 Å². The number of hydrogen-bond donors (Lipinski definition) is 1. The topological polar surface area (TPSA) is 12.0 Å². The molecule has 19 heavy (non-hydrogen) atoms. The van der Waals surface area contributed by atoms with E-state index in [9.17, 15) is 0 Å². The summed E-state index contributed by atoms with van der Waals surface area (Å²) in [6, 6.07) is 0.814. The third-order valence-electron chi connectivity index (χ3n) is 5.85. The molecule has 0 aromatic carbocycles. The summed E-state index contributed by atoms with van der Waals surface area (Å²) in [5.41, 5.74) is 0.524. The fraction of sp³-hybridized carbons (Fsp3) is 1.00. The van der Waals surface area contributed by atoms with Crippen LogP contribution in [0.25, 0.3) is 0 Å². The van der Waals surface area contributed by atoms with E-state index >= 15 is 0 Å². The fourth-order valence-corrected chi connectivity index (χ4v) is 4.17. The van der Waals surface area contributed by atoms with Crippen LogP contribution in [-0.2, 0) is 0 Å². The van der Waals surface area contributed by atoms with E-state index in [0.29, 0.717) is 5.41 Å². The predicted molar refractivity (Wildman–Crippen MR) is 84.3 cm³/mol. The molecule has 0 aliphatic heterocycles. The Balaban J connectivity index is 1.68. The molecule has 2 aliphatic rings. The molecule has 0 spiro atoms. The zero-order valence-corrected chi connectivity index (χ0v) is 13.7. The minimum absolute atomic E-state index is 0.524. The first-order valence-corrected chi connectivity index (χ1v) is 8.70. The Kier molecular flexibility index (Phi) is 5.34. The van der Waals surface area contributed by atoms with Crippen LogP contribution in [-0.4, -0.2) is 12.6 Å². The summed E-state index contributed by atoms with van der Waals surface area (Å²) in [4.78, 5) is 0. The highest BCUT2D eigenvalue weighted by atomic mass is 14.9. The molecule has 2 saturated carbocycles. The van der Waals surface area contributed by atoms with Crippen LogP contribution in [0.1, 0.15) is 79.1 Å². The first-order chi connectivity index (χ1) is 8.97. The smallest absolute Gasteiger partial charge is 0.00928 e. The van der Waals surface area contributed by atoms with Gasteiger partial charge in [0.05, 0.1) is 0 Å². The van der Waals surface area contributed by atoms with Crippen LogP contribution in [0.15, 0.2) is 0 Å². The van der Waals surface area contributed by atoms with Crippen molar-refractivity contribution in [3.8, 4) is 0 Å². The highest BCUT2D eigenvalue weighted by Crippen LogP contribution is 2.39. The molecule has 0 amide bonds. The van der Waals surface area contributed by atoms with Crippen molar-refractivity contribution in [2.24, 2.45) is 23.2 Å². The molecule has 0 aromatic rings. The van der Waals surface area contributed by atoms with Gasteiger partial charge in [-0.05, 0) is 68.2 Å². The van der Waals surface area contributed by atoms with Gasteiger partial charge in [0.15, 0.2) is 0 Å². The number of hydrogen-bond acceptors (Lipinski definition) is 1. The van der Waals surface area contributed by atoms with Gasteiger partial charge in [0.25, 0.3) is 0 Å². The standard InChI is InChI=1S/C18H35N/c1-14-7-5-6-8-17(14)19-13-15-9-11-16(12-10-15)18(2,3)4/h14-17,19H,5-13H2,1-4H3. The maximum absolute atomic E-state index is 3.89. The van der Waals surface area contributed by atoms with Gasteiger partial charge in [-0.2, -0.15) is 0 Å². The van der Waals surface area contributed by atoms with Crippen molar-refractivity contribution in [3.63, 3.8) is 0 Å². The molecule has 1 nitrogen and oxygen atoms in total. The summed E-state index contributed by atoms with van der Waals surface area (Å²) in [5, 5.41) is 3.89. The van der Waals surface area contributed by atoms with Gasteiger partial charge in [0.2, 0.25) is 0 Å². The van der Waals surface area contributed by atoms with Gasteiger partial charge in [-0.1, -0.05) is 40.5 Å². The lowest BCUT2D eigenvalue weighted by atomic mass is 9.70. The Morgan fingerprint density at radius 3 is 2.11 bits per heavy atom. The highest BCUT2D eigenvalue weighted by Gasteiger charge is 2.30. The minimum Gasteiger partial charge on any atom is -0.313 e. The molecule has 2 aliphatic carbocycles. The van der Waals surface area contributed by atoms with Crippen LogP contribution in [0.4, 0.5) is 0 Å². The van der Waals surface area contributed by atoms with Crippen LogP contribution >= 0.6 is 0 Å². The summed E-state index contributed by atoms with van der Waals surface area (Å²) < 4.78 is 0. The lowest BCUT2D eigenvalue weighted by Gasteiger charge is -2.38. The van der Waals surface area contributed by atoms with Gasteiger partial charge < -0.3 is 5.32 Å². The summed E-state index contributed by atoms with van der Waals surface area (Å²) in [6.45, 7) is 11.0. The quantitative estimate of drug-likeness (QED) is 0.756. The molecular weight excluding hydrogens is 230 g/mol. The van der Waals surface area contributed by atoms with Gasteiger partial charge in [0, 0.05) is 6.04 Å². The Labute approximate surface area is 120 Å². The molecule has 2 unspecified atom stereocenters. The summed E-state index contributed by atoms with van der Waals surface area (Å²) in [5.74, 6) is 2.81. The third-order valence-corrected chi connectivity index (χ3v) is 5.85. The summed E-state index contributed by atoms with van der Waals surface area (Å²) >= 11 is 0. The molecule has 2 atom stereocenters. The van der Waals surface area contributed by atoms with Crippen LogP contribution < -0.4 is 5.32 Å². The SMILES string of the molecule is CC1CCCCC1NCC1CCC(C(C)(C)C)CC1. The zero-order chi connectivity index (χ0) is 13.9. The molecule has 2 rings (SSSR count). The van der Waals surface area contributed by atoms with Crippen molar-refractivity contribution < 1.29 is 0 Å². The second-order valence-corrected chi connectivity index (χ2v) is 8.36. The molecule has 112 valence electrons. The van der Waals surface area contributed by atoms with Crippen LogP contribution in [0.2, 0.25) is 0 Å². The normalized spacial score (nSPS) is 37.3. The van der Waals surface area contributed by atoms with Crippen LogP contribution in [0, 0.1) is 23.2 Å². The second kappa shape index (κ2) is 6.61. The van der Waals surface area contributed by atoms with Gasteiger partial charge in [-0.3, -0.25) is 0 Å². The maximum atomic E-state index is 3.89. The van der Waals surface area contributed by atoms with Gasteiger partial charge >= 0.3 is 0 Å². The van der Waals surface area contributed by atoms with Crippen molar-refractivity contribution in [3.05, 3.63) is 0 Å². The summed E-state index contributed by atoms with van der Waals surface area (Å²) in [7, 11) is 0. The first kappa shape index (κ1) is 15.4. The van der Waals surface area contributed by atoms with Gasteiger partial charge in [-0.15, -0.1) is 0 Å². The average Bonchev–Trinajstić information content (AvgIpc) is 2.37. The van der Waals surface area contributed by atoms with E-state index in [1.807, 2.05) is 0 Å². The van der Waals surface area contributed by atoms with Crippen molar-refractivity contribution in [2.45, 2.75) is 85.1 Å². The van der Waals surface area contributed by atoms with Crippen molar-refractivity contribution in [1.82, 2.24) is 5.32 Å². The Bertz CT molecular complexity index is 257. The minimum atomic E-state index is 0.524. The monoisotopic (exact) mass is 265 g/mol. The van der Waals surface area contributed by atoms with Crippen molar-refractivity contribution >= 4 is 0 Å². The lowest BCUT2D eigenvalue weighted by Crippen LogP contribution is -2.40. The highest BCUT2D eigenvalue weighted by molar-refractivity contribution is 4.83. The van der Waals surface area contributed by atoms with E-state index in [2.05, 4.69) is 33.0 Å². The van der Waals surface area contributed by atoms with E-state index in [1.54, 1.807) is 0 Å². The van der Waals surface area contributed by atoms with Crippen LogP contribution in [0.5, 0.6) is 0 Å². The molecular formula is C18H35N. The lowest BCUT2D eigenvalue weighted by molar-refractivity contribution is 0.144. The third kappa shape index (κ3) is 4.48. The zero-order valence-electron chi connectivity index (χ0n) is 13.7. The van der Waals surface area contributed by atoms with E-state index in [0.717, 1.165) is 23.8 Å². The predicted octanol–water partition coefficient (Wildman–Crippen LogP) is 5.01. The van der Waals surface area contributed by atoms with Gasteiger partial charge in [0.1, 0.15) is 0 Å².